The molecule has 2 N–H and O–H groups in total. The normalized spacial score (nSPS) is 7.38. The van der Waals surface area contributed by atoms with Gasteiger partial charge in [-0.25, -0.2) is 0 Å². The van der Waals surface area contributed by atoms with Crippen LogP contribution in [0.5, 0.6) is 0 Å². The van der Waals surface area contributed by atoms with Crippen LogP contribution in [0.1, 0.15) is 13.8 Å². The number of carboxylic acid groups (broad SMARTS) is 1. The van der Waals surface area contributed by atoms with E-state index in [0.29, 0.717) is 0 Å². The van der Waals surface area contributed by atoms with Crippen molar-refractivity contribution < 1.29 is 55.7 Å². The predicted octanol–water partition coefficient (Wildman–Crippen LogP) is -4.39. The van der Waals surface area contributed by atoms with Crippen molar-refractivity contribution >= 4 is 5.97 Å². The molecule has 0 spiro atoms. The maximum Gasteiger partial charge on any atom is 2.00 e. The summed E-state index contributed by atoms with van der Waals surface area (Å²) in [5.74, 6) is -1.22. The first-order valence-electron chi connectivity index (χ1n) is 3.13. The Labute approximate surface area is 113 Å². The zero-order chi connectivity index (χ0) is 12.7. The molecular formula is C8H10ClNO5Ru. The summed E-state index contributed by atoms with van der Waals surface area (Å²) < 4.78 is 22.5. The van der Waals surface area contributed by atoms with Crippen LogP contribution in [0.2, 0.25) is 0 Å². The maximum atomic E-state index is 9.90. The van der Waals surface area contributed by atoms with Gasteiger partial charge < -0.3 is 28.0 Å². The summed E-state index contributed by atoms with van der Waals surface area (Å²) in [6.45, 7) is 17.0. The first-order valence-corrected chi connectivity index (χ1v) is 3.13. The van der Waals surface area contributed by atoms with Crippen molar-refractivity contribution in [1.82, 2.24) is 0 Å². The largest absolute Gasteiger partial charge is 2.00 e. The molecule has 0 heterocycles. The number of rotatable bonds is 2. The molecule has 0 radical (unpaired) electrons. The molecule has 16 heavy (non-hydrogen) atoms. The summed E-state index contributed by atoms with van der Waals surface area (Å²) >= 11 is 0. The molecule has 0 saturated carbocycles. The molecule has 8 heteroatoms. The average molecular weight is 337 g/mol. The van der Waals surface area contributed by atoms with Crippen LogP contribution in [0.25, 0.3) is 0 Å². The van der Waals surface area contributed by atoms with Gasteiger partial charge in [0.1, 0.15) is 0 Å². The minimum absolute atomic E-state index is 0. The molecule has 1 atom stereocenters. The summed E-state index contributed by atoms with van der Waals surface area (Å²) in [6.07, 6.45) is 0. The molecule has 0 aromatic rings. The fourth-order valence-electron chi connectivity index (χ4n) is 0.272. The van der Waals surface area contributed by atoms with Crippen LogP contribution >= 0.6 is 0 Å². The van der Waals surface area contributed by atoms with Crippen molar-refractivity contribution in [2.24, 2.45) is 11.7 Å². The van der Waals surface area contributed by atoms with E-state index in [4.69, 9.17) is 19.7 Å². The smallest absolute Gasteiger partial charge is 1.00 e. The second-order valence-corrected chi connectivity index (χ2v) is 2.09. The van der Waals surface area contributed by atoms with Gasteiger partial charge >= 0.3 is 53.4 Å². The summed E-state index contributed by atoms with van der Waals surface area (Å²) in [4.78, 5) is 9.90. The first kappa shape index (κ1) is 36.1. The van der Waals surface area contributed by atoms with Gasteiger partial charge in [-0.05, 0) is 5.92 Å². The Kier molecular flexibility index (Phi) is 82.4. The SMILES string of the molecule is CC(C)C(N)C(=O)[O-].[C-]#[O+].[C-]#[O+].[C-]#[O+].[Cl-].[Ru+2]. The zero-order valence-corrected chi connectivity index (χ0v) is 11.0. The Hall–Kier alpha value is -0.437. The van der Waals surface area contributed by atoms with Crippen LogP contribution in [0.3, 0.4) is 0 Å². The van der Waals surface area contributed by atoms with Crippen LogP contribution in [0.15, 0.2) is 0 Å². The molecule has 0 aromatic carbocycles. The zero-order valence-electron chi connectivity index (χ0n) is 8.50. The van der Waals surface area contributed by atoms with E-state index < -0.39 is 12.0 Å². The number of carbonyl (C=O) groups is 1. The van der Waals surface area contributed by atoms with Crippen molar-refractivity contribution in [3.63, 3.8) is 0 Å². The third-order valence-electron chi connectivity index (χ3n) is 0.990. The minimum Gasteiger partial charge on any atom is -1.00 e. The van der Waals surface area contributed by atoms with Crippen molar-refractivity contribution in [3.8, 4) is 0 Å². The van der Waals surface area contributed by atoms with E-state index in [2.05, 4.69) is 20.0 Å². The van der Waals surface area contributed by atoms with Gasteiger partial charge in [-0.3, -0.25) is 0 Å². The van der Waals surface area contributed by atoms with Gasteiger partial charge in [0.05, 0.1) is 5.97 Å². The van der Waals surface area contributed by atoms with Gasteiger partial charge in [0.25, 0.3) is 0 Å². The van der Waals surface area contributed by atoms with Crippen molar-refractivity contribution in [3.05, 3.63) is 20.0 Å². The molecule has 1 unspecified atom stereocenters. The third kappa shape index (κ3) is 37.4. The van der Waals surface area contributed by atoms with Crippen molar-refractivity contribution in [2.45, 2.75) is 19.9 Å². The fraction of sp³-hybridized carbons (Fsp3) is 0.500. The standard InChI is InChI=1S/C5H11NO2.3CO.ClH.Ru/c1-3(2)4(6)5(7)8;3*1-2;;/h3-4H,6H2,1-2H3,(H,7,8);;;;1H;/q;;;;;+2/p-2. The number of halogens is 1. The van der Waals surface area contributed by atoms with E-state index in [1.807, 2.05) is 0 Å². The molecule has 0 aromatic heterocycles. The van der Waals surface area contributed by atoms with E-state index in [-0.39, 0.29) is 37.8 Å². The first-order chi connectivity index (χ1) is 6.55. The van der Waals surface area contributed by atoms with Gasteiger partial charge in [0.2, 0.25) is 0 Å². The van der Waals surface area contributed by atoms with Crippen molar-refractivity contribution in [1.29, 1.82) is 0 Å². The maximum absolute atomic E-state index is 9.90. The van der Waals surface area contributed by atoms with E-state index in [1.165, 1.54) is 0 Å². The Balaban J connectivity index is -0.0000000272. The second-order valence-electron chi connectivity index (χ2n) is 2.09. The van der Waals surface area contributed by atoms with Gasteiger partial charge in [0, 0.05) is 6.04 Å². The number of hydrogen-bond acceptors (Lipinski definition) is 3. The second kappa shape index (κ2) is 36.5. The molecule has 0 aliphatic heterocycles. The van der Waals surface area contributed by atoms with Crippen molar-refractivity contribution in [2.75, 3.05) is 0 Å². The molecule has 92 valence electrons. The van der Waals surface area contributed by atoms with Crippen LogP contribution in [0.4, 0.5) is 0 Å². The molecule has 0 amide bonds. The van der Waals surface area contributed by atoms with Gasteiger partial charge in [-0.1, -0.05) is 13.8 Å². The number of carbonyl (C=O) groups excluding carboxylic acids is 1. The van der Waals surface area contributed by atoms with E-state index >= 15 is 0 Å². The summed E-state index contributed by atoms with van der Waals surface area (Å²) in [5, 5.41) is 9.90. The van der Waals surface area contributed by atoms with Gasteiger partial charge in [-0.2, -0.15) is 0 Å². The molecule has 0 aliphatic carbocycles. The number of nitrogens with two attached hydrogens (primary N) is 1. The van der Waals surface area contributed by atoms with E-state index in [9.17, 15) is 9.90 Å². The Morgan fingerprint density at radius 3 is 1.31 bits per heavy atom. The summed E-state index contributed by atoms with van der Waals surface area (Å²) in [6, 6.07) is -0.824. The minimum atomic E-state index is -1.18. The monoisotopic (exact) mass is 337 g/mol. The third-order valence-corrected chi connectivity index (χ3v) is 0.990. The number of aliphatic carboxylic acids is 1. The molecule has 0 bridgehead atoms. The summed E-state index contributed by atoms with van der Waals surface area (Å²) in [7, 11) is 0. The topological polar surface area (TPSA) is 126 Å². The quantitative estimate of drug-likeness (QED) is 0.311. The van der Waals surface area contributed by atoms with Crippen LogP contribution in [0, 0.1) is 25.9 Å². The van der Waals surface area contributed by atoms with E-state index in [0.717, 1.165) is 0 Å². The van der Waals surface area contributed by atoms with Crippen LogP contribution in [-0.4, -0.2) is 12.0 Å². The molecule has 0 saturated heterocycles. The fourth-order valence-corrected chi connectivity index (χ4v) is 0.272. The molecule has 0 fully saturated rings. The van der Waals surface area contributed by atoms with Gasteiger partial charge in [-0.15, -0.1) is 0 Å². The Morgan fingerprint density at radius 2 is 1.31 bits per heavy atom. The number of hydrogen-bond donors (Lipinski definition) is 1. The Bertz CT molecular complexity index is 178. The average Bonchev–Trinajstić information content (AvgIpc) is 2.25. The molecular weight excluding hydrogens is 327 g/mol. The molecule has 0 rings (SSSR count). The number of carboxylic acids is 1. The van der Waals surface area contributed by atoms with Gasteiger partial charge in [0.15, 0.2) is 0 Å². The Morgan fingerprint density at radius 1 is 1.12 bits per heavy atom. The van der Waals surface area contributed by atoms with Crippen LogP contribution in [-0.2, 0) is 38.2 Å². The van der Waals surface area contributed by atoms with Crippen LogP contribution < -0.4 is 23.2 Å². The predicted molar refractivity (Wildman–Crippen MR) is 39.6 cm³/mol. The summed E-state index contributed by atoms with van der Waals surface area (Å²) in [5.41, 5.74) is 5.10. The molecule has 0 aliphatic rings. The molecule has 6 nitrogen and oxygen atoms in total. The van der Waals surface area contributed by atoms with E-state index in [1.54, 1.807) is 13.8 Å².